The second kappa shape index (κ2) is 7.26. The maximum absolute atomic E-state index is 9.96. The van der Waals surface area contributed by atoms with Gasteiger partial charge in [0.15, 0.2) is 0 Å². The molecule has 4 rings (SSSR count). The zero-order chi connectivity index (χ0) is 17.4. The highest BCUT2D eigenvalue weighted by atomic mass is 16.3. The first-order valence-corrected chi connectivity index (χ1v) is 10.1. The lowest BCUT2D eigenvalue weighted by Gasteiger charge is -2.42. The van der Waals surface area contributed by atoms with Crippen LogP contribution in [0.4, 0.5) is 5.69 Å². The van der Waals surface area contributed by atoms with Gasteiger partial charge < -0.3 is 10.0 Å². The van der Waals surface area contributed by atoms with Gasteiger partial charge in [-0.3, -0.25) is 9.80 Å². The van der Waals surface area contributed by atoms with Crippen LogP contribution in [-0.2, 0) is 6.54 Å². The minimum Gasteiger partial charge on any atom is -0.392 e. The van der Waals surface area contributed by atoms with Crippen molar-refractivity contribution in [2.24, 2.45) is 0 Å². The molecule has 0 spiro atoms. The lowest BCUT2D eigenvalue weighted by Crippen LogP contribution is -2.54. The number of fused-ring (bicyclic) bond motifs is 1. The SMILES string of the molecule is Cc1cc(N2CCCCC2)ccc1CN1C[C@@H]2C[C@@H](O)CN2C[C@@H]1C. The average Bonchev–Trinajstić information content (AvgIpc) is 2.96. The number of anilines is 1. The molecule has 3 fully saturated rings. The number of aliphatic hydroxyl groups is 1. The molecule has 1 aromatic carbocycles. The van der Waals surface area contributed by atoms with Gasteiger partial charge >= 0.3 is 0 Å². The van der Waals surface area contributed by atoms with Crippen molar-refractivity contribution in [2.75, 3.05) is 37.6 Å². The van der Waals surface area contributed by atoms with Gasteiger partial charge in [0.25, 0.3) is 0 Å². The van der Waals surface area contributed by atoms with Crippen LogP contribution in [0.2, 0.25) is 0 Å². The molecule has 4 nitrogen and oxygen atoms in total. The first-order valence-electron chi connectivity index (χ1n) is 10.1. The third-order valence-electron chi connectivity index (χ3n) is 6.49. The molecule has 1 aromatic rings. The van der Waals surface area contributed by atoms with Crippen LogP contribution in [0.5, 0.6) is 0 Å². The number of piperidine rings is 1. The molecule has 0 saturated carbocycles. The van der Waals surface area contributed by atoms with E-state index in [1.54, 1.807) is 0 Å². The van der Waals surface area contributed by atoms with E-state index in [0.717, 1.165) is 32.6 Å². The van der Waals surface area contributed by atoms with Gasteiger partial charge in [0.2, 0.25) is 0 Å². The molecule has 3 aliphatic rings. The number of rotatable bonds is 3. The molecule has 138 valence electrons. The summed E-state index contributed by atoms with van der Waals surface area (Å²) in [6.45, 7) is 11.1. The van der Waals surface area contributed by atoms with Crippen molar-refractivity contribution in [1.29, 1.82) is 0 Å². The Bertz CT molecular complexity index is 599. The van der Waals surface area contributed by atoms with Gasteiger partial charge in [-0.25, -0.2) is 0 Å². The normalized spacial score (nSPS) is 31.3. The monoisotopic (exact) mass is 343 g/mol. The number of hydrogen-bond acceptors (Lipinski definition) is 4. The molecule has 3 heterocycles. The number of aryl methyl sites for hydroxylation is 1. The van der Waals surface area contributed by atoms with Crippen LogP contribution >= 0.6 is 0 Å². The maximum Gasteiger partial charge on any atom is 0.0682 e. The van der Waals surface area contributed by atoms with Crippen molar-refractivity contribution in [2.45, 2.75) is 64.3 Å². The number of piperazine rings is 1. The van der Waals surface area contributed by atoms with Crippen LogP contribution in [-0.4, -0.2) is 65.8 Å². The van der Waals surface area contributed by atoms with Gasteiger partial charge in [0.1, 0.15) is 0 Å². The summed E-state index contributed by atoms with van der Waals surface area (Å²) in [4.78, 5) is 7.64. The van der Waals surface area contributed by atoms with Gasteiger partial charge in [0.05, 0.1) is 6.10 Å². The fourth-order valence-corrected chi connectivity index (χ4v) is 4.92. The summed E-state index contributed by atoms with van der Waals surface area (Å²) >= 11 is 0. The highest BCUT2D eigenvalue weighted by Gasteiger charge is 2.38. The predicted molar refractivity (Wildman–Crippen MR) is 103 cm³/mol. The Morgan fingerprint density at radius 3 is 2.64 bits per heavy atom. The lowest BCUT2D eigenvalue weighted by atomic mass is 10.0. The zero-order valence-electron chi connectivity index (χ0n) is 15.8. The van der Waals surface area contributed by atoms with Crippen molar-refractivity contribution < 1.29 is 5.11 Å². The van der Waals surface area contributed by atoms with Crippen LogP contribution < -0.4 is 4.90 Å². The van der Waals surface area contributed by atoms with E-state index < -0.39 is 0 Å². The maximum atomic E-state index is 9.96. The second-order valence-electron chi connectivity index (χ2n) is 8.43. The van der Waals surface area contributed by atoms with Crippen LogP contribution in [0, 0.1) is 6.92 Å². The Hall–Kier alpha value is -1.10. The van der Waals surface area contributed by atoms with Crippen molar-refractivity contribution in [3.05, 3.63) is 29.3 Å². The predicted octanol–water partition coefficient (Wildman–Crippen LogP) is 2.62. The molecule has 0 aliphatic carbocycles. The second-order valence-corrected chi connectivity index (χ2v) is 8.43. The van der Waals surface area contributed by atoms with Crippen LogP contribution in [0.25, 0.3) is 0 Å². The van der Waals surface area contributed by atoms with Gasteiger partial charge in [0, 0.05) is 57.0 Å². The summed E-state index contributed by atoms with van der Waals surface area (Å²) in [6.07, 6.45) is 4.86. The molecular formula is C21H33N3O. The highest BCUT2D eigenvalue weighted by molar-refractivity contribution is 5.51. The summed E-state index contributed by atoms with van der Waals surface area (Å²) in [5.41, 5.74) is 4.28. The van der Waals surface area contributed by atoms with E-state index in [4.69, 9.17) is 0 Å². The standard InChI is InChI=1S/C21H33N3O/c1-16-10-19(22-8-4-3-5-9-22)7-6-18(16)13-23-14-20-11-21(25)15-24(20)12-17(23)2/h6-7,10,17,20-21,25H,3-5,8-9,11-15H2,1-2H3/t17-,20-,21+/m0/s1. The van der Waals surface area contributed by atoms with Crippen molar-refractivity contribution in [1.82, 2.24) is 9.80 Å². The van der Waals surface area contributed by atoms with Crippen LogP contribution in [0.1, 0.15) is 43.7 Å². The summed E-state index contributed by atoms with van der Waals surface area (Å²) in [6, 6.07) is 8.17. The van der Waals surface area contributed by atoms with E-state index in [0.29, 0.717) is 12.1 Å². The van der Waals surface area contributed by atoms with E-state index in [2.05, 4.69) is 46.7 Å². The molecule has 0 amide bonds. The first kappa shape index (κ1) is 17.3. The summed E-state index contributed by atoms with van der Waals surface area (Å²) in [5.74, 6) is 0. The topological polar surface area (TPSA) is 30.0 Å². The highest BCUT2D eigenvalue weighted by Crippen LogP contribution is 2.28. The smallest absolute Gasteiger partial charge is 0.0682 e. The number of hydrogen-bond donors (Lipinski definition) is 1. The molecule has 0 radical (unpaired) electrons. The molecule has 0 aromatic heterocycles. The Labute approximate surface area is 152 Å². The third kappa shape index (κ3) is 3.71. The molecule has 25 heavy (non-hydrogen) atoms. The Balaban J connectivity index is 1.43. The molecule has 3 saturated heterocycles. The first-order chi connectivity index (χ1) is 12.1. The zero-order valence-corrected chi connectivity index (χ0v) is 15.8. The van der Waals surface area contributed by atoms with E-state index in [1.165, 1.54) is 49.2 Å². The van der Waals surface area contributed by atoms with Gasteiger partial charge in [-0.05, 0) is 62.8 Å². The van der Waals surface area contributed by atoms with E-state index >= 15 is 0 Å². The average molecular weight is 344 g/mol. The summed E-state index contributed by atoms with van der Waals surface area (Å²) in [5, 5.41) is 9.96. The van der Waals surface area contributed by atoms with Crippen molar-refractivity contribution >= 4 is 5.69 Å². The molecule has 4 heteroatoms. The molecular weight excluding hydrogens is 310 g/mol. The molecule has 0 bridgehead atoms. The lowest BCUT2D eigenvalue weighted by molar-refractivity contribution is 0.0527. The minimum absolute atomic E-state index is 0.122. The fraction of sp³-hybridized carbons (Fsp3) is 0.714. The molecule has 0 unspecified atom stereocenters. The third-order valence-corrected chi connectivity index (χ3v) is 6.49. The Kier molecular flexibility index (Phi) is 5.03. The van der Waals surface area contributed by atoms with Crippen molar-refractivity contribution in [3.8, 4) is 0 Å². The van der Waals surface area contributed by atoms with Gasteiger partial charge in [-0.1, -0.05) is 6.07 Å². The van der Waals surface area contributed by atoms with Gasteiger partial charge in [-0.15, -0.1) is 0 Å². The Morgan fingerprint density at radius 1 is 1.08 bits per heavy atom. The number of nitrogens with zero attached hydrogens (tertiary/aromatic N) is 3. The number of aliphatic hydroxyl groups excluding tert-OH is 1. The molecule has 3 atom stereocenters. The largest absolute Gasteiger partial charge is 0.392 e. The van der Waals surface area contributed by atoms with Crippen LogP contribution in [0.3, 0.4) is 0 Å². The minimum atomic E-state index is -0.122. The molecule has 3 aliphatic heterocycles. The Morgan fingerprint density at radius 2 is 1.88 bits per heavy atom. The summed E-state index contributed by atoms with van der Waals surface area (Å²) in [7, 11) is 0. The van der Waals surface area contributed by atoms with E-state index in [1.807, 2.05) is 0 Å². The van der Waals surface area contributed by atoms with Gasteiger partial charge in [-0.2, -0.15) is 0 Å². The molecule has 1 N–H and O–H groups in total. The fourth-order valence-electron chi connectivity index (χ4n) is 4.92. The van der Waals surface area contributed by atoms with Crippen LogP contribution in [0.15, 0.2) is 18.2 Å². The van der Waals surface area contributed by atoms with Crippen molar-refractivity contribution in [3.63, 3.8) is 0 Å². The quantitative estimate of drug-likeness (QED) is 0.914. The summed E-state index contributed by atoms with van der Waals surface area (Å²) < 4.78 is 0. The van der Waals surface area contributed by atoms with E-state index in [9.17, 15) is 5.11 Å². The van der Waals surface area contributed by atoms with E-state index in [-0.39, 0.29) is 6.10 Å². The number of benzene rings is 1.